The fourth-order valence-electron chi connectivity index (χ4n) is 3.78. The summed E-state index contributed by atoms with van der Waals surface area (Å²) in [7, 11) is 0.827. The van der Waals surface area contributed by atoms with E-state index in [9.17, 15) is 8.42 Å². The van der Waals surface area contributed by atoms with Crippen LogP contribution >= 0.6 is 0 Å². The molecular formula is C18H28N2O3S. The van der Waals surface area contributed by atoms with E-state index in [1.807, 2.05) is 19.1 Å². The molecule has 134 valence electrons. The molecule has 24 heavy (non-hydrogen) atoms. The molecule has 2 fully saturated rings. The highest BCUT2D eigenvalue weighted by Gasteiger charge is 2.43. The summed E-state index contributed by atoms with van der Waals surface area (Å²) in [6.07, 6.45) is 3.61. The third-order valence-electron chi connectivity index (χ3n) is 5.49. The largest absolute Gasteiger partial charge is 0.375 e. The van der Waals surface area contributed by atoms with Crippen molar-refractivity contribution in [3.05, 3.63) is 29.8 Å². The average molecular weight is 353 g/mol. The Balaban J connectivity index is 1.69. The van der Waals surface area contributed by atoms with Crippen molar-refractivity contribution in [1.29, 1.82) is 0 Å². The first-order valence-corrected chi connectivity index (χ1v) is 10.1. The van der Waals surface area contributed by atoms with Gasteiger partial charge in [-0.2, -0.15) is 4.31 Å². The van der Waals surface area contributed by atoms with Gasteiger partial charge in [-0.1, -0.05) is 17.7 Å². The molecule has 1 atom stereocenters. The molecule has 0 unspecified atom stereocenters. The number of benzene rings is 1. The average Bonchev–Trinajstić information content (AvgIpc) is 2.56. The van der Waals surface area contributed by atoms with Gasteiger partial charge in [-0.3, -0.25) is 0 Å². The molecule has 0 amide bonds. The highest BCUT2D eigenvalue weighted by molar-refractivity contribution is 7.89. The second kappa shape index (κ2) is 6.75. The maximum absolute atomic E-state index is 12.8. The van der Waals surface area contributed by atoms with E-state index in [1.165, 1.54) is 0 Å². The van der Waals surface area contributed by atoms with Gasteiger partial charge in [0.05, 0.1) is 10.5 Å². The summed E-state index contributed by atoms with van der Waals surface area (Å²) < 4.78 is 33.4. The normalized spacial score (nSPS) is 25.2. The summed E-state index contributed by atoms with van der Waals surface area (Å²) in [5, 5.41) is 0. The van der Waals surface area contributed by atoms with Crippen LogP contribution in [0.25, 0.3) is 0 Å². The molecule has 2 heterocycles. The Hall–Kier alpha value is -0.950. The van der Waals surface area contributed by atoms with Gasteiger partial charge >= 0.3 is 0 Å². The Morgan fingerprint density at radius 2 is 1.79 bits per heavy atom. The van der Waals surface area contributed by atoms with Crippen molar-refractivity contribution in [1.82, 2.24) is 9.21 Å². The molecule has 0 N–H and O–H groups in total. The standard InChI is InChI=1S/C18H28N2O3S/c1-15-4-6-17(7-5-15)24(21,22)20-11-9-18(10-12-20)14-16(19(2)3)8-13-23-18/h4-7,16H,8-14H2,1-3H3/t16-/m1/s1. The topological polar surface area (TPSA) is 49.9 Å². The Bertz CT molecular complexity index is 662. The molecule has 1 aromatic carbocycles. The van der Waals surface area contributed by atoms with Crippen molar-refractivity contribution in [2.24, 2.45) is 0 Å². The van der Waals surface area contributed by atoms with Gasteiger partial charge in [0.1, 0.15) is 0 Å². The van der Waals surface area contributed by atoms with E-state index < -0.39 is 10.0 Å². The van der Waals surface area contributed by atoms with Crippen LogP contribution in [0.2, 0.25) is 0 Å². The molecule has 0 aliphatic carbocycles. The minimum absolute atomic E-state index is 0.146. The molecule has 0 saturated carbocycles. The van der Waals surface area contributed by atoms with E-state index in [0.29, 0.717) is 24.0 Å². The quantitative estimate of drug-likeness (QED) is 0.837. The summed E-state index contributed by atoms with van der Waals surface area (Å²) in [4.78, 5) is 2.65. The lowest BCUT2D eigenvalue weighted by Crippen LogP contribution is -2.53. The van der Waals surface area contributed by atoms with E-state index in [2.05, 4.69) is 19.0 Å². The number of hydrogen-bond donors (Lipinski definition) is 0. The Labute approximate surface area is 145 Å². The van der Waals surface area contributed by atoms with Crippen molar-refractivity contribution in [2.45, 2.75) is 49.1 Å². The van der Waals surface area contributed by atoms with Crippen LogP contribution in [0.1, 0.15) is 31.2 Å². The number of nitrogens with zero attached hydrogens (tertiary/aromatic N) is 2. The lowest BCUT2D eigenvalue weighted by molar-refractivity contribution is -0.123. The summed E-state index contributed by atoms with van der Waals surface area (Å²) >= 11 is 0. The number of ether oxygens (including phenoxy) is 1. The van der Waals surface area contributed by atoms with Gasteiger partial charge in [-0.15, -0.1) is 0 Å². The van der Waals surface area contributed by atoms with E-state index >= 15 is 0 Å². The van der Waals surface area contributed by atoms with E-state index in [0.717, 1.165) is 37.9 Å². The summed E-state index contributed by atoms with van der Waals surface area (Å²) in [5.41, 5.74) is 0.920. The van der Waals surface area contributed by atoms with E-state index in [4.69, 9.17) is 4.74 Å². The smallest absolute Gasteiger partial charge is 0.243 e. The number of piperidine rings is 1. The van der Waals surface area contributed by atoms with Gasteiger partial charge in [0.15, 0.2) is 0 Å². The minimum atomic E-state index is -3.40. The van der Waals surface area contributed by atoms with Crippen molar-refractivity contribution < 1.29 is 13.2 Å². The maximum atomic E-state index is 12.8. The first kappa shape index (κ1) is 17.9. The number of rotatable bonds is 3. The zero-order valence-electron chi connectivity index (χ0n) is 14.9. The minimum Gasteiger partial charge on any atom is -0.375 e. The van der Waals surface area contributed by atoms with Gasteiger partial charge in [-0.25, -0.2) is 8.42 Å². The fourth-order valence-corrected chi connectivity index (χ4v) is 5.23. The van der Waals surface area contributed by atoms with Crippen molar-refractivity contribution in [3.8, 4) is 0 Å². The summed E-state index contributed by atoms with van der Waals surface area (Å²) in [5.74, 6) is 0. The monoisotopic (exact) mass is 352 g/mol. The van der Waals surface area contributed by atoms with E-state index in [-0.39, 0.29) is 5.60 Å². The number of aryl methyl sites for hydroxylation is 1. The molecule has 0 aromatic heterocycles. The van der Waals surface area contributed by atoms with Crippen LogP contribution in [0.4, 0.5) is 0 Å². The molecule has 2 saturated heterocycles. The highest BCUT2D eigenvalue weighted by atomic mass is 32.2. The van der Waals surface area contributed by atoms with Crippen LogP contribution in [-0.2, 0) is 14.8 Å². The van der Waals surface area contributed by atoms with Crippen molar-refractivity contribution in [3.63, 3.8) is 0 Å². The van der Waals surface area contributed by atoms with Gasteiger partial charge in [0.2, 0.25) is 10.0 Å². The Morgan fingerprint density at radius 1 is 1.17 bits per heavy atom. The van der Waals surface area contributed by atoms with Crippen LogP contribution in [0.15, 0.2) is 29.2 Å². The molecule has 1 spiro atoms. The third kappa shape index (κ3) is 3.52. The first-order chi connectivity index (χ1) is 11.3. The molecule has 3 rings (SSSR count). The SMILES string of the molecule is Cc1ccc(S(=O)(=O)N2CCC3(CC2)C[C@H](N(C)C)CCO3)cc1. The third-order valence-corrected chi connectivity index (χ3v) is 7.40. The number of hydrogen-bond acceptors (Lipinski definition) is 4. The molecule has 5 nitrogen and oxygen atoms in total. The van der Waals surface area contributed by atoms with E-state index in [1.54, 1.807) is 16.4 Å². The number of sulfonamides is 1. The van der Waals surface area contributed by atoms with Crippen LogP contribution in [0.3, 0.4) is 0 Å². The van der Waals surface area contributed by atoms with Crippen LogP contribution in [0, 0.1) is 6.92 Å². The van der Waals surface area contributed by atoms with Crippen LogP contribution in [-0.4, -0.2) is 63.1 Å². The molecule has 0 radical (unpaired) electrons. The predicted octanol–water partition coefficient (Wildman–Crippen LogP) is 2.26. The molecule has 2 aliphatic rings. The zero-order valence-corrected chi connectivity index (χ0v) is 15.7. The molecule has 0 bridgehead atoms. The fraction of sp³-hybridized carbons (Fsp3) is 0.667. The van der Waals surface area contributed by atoms with Crippen LogP contribution < -0.4 is 0 Å². The van der Waals surface area contributed by atoms with Gasteiger partial charge in [0, 0.05) is 25.7 Å². The maximum Gasteiger partial charge on any atom is 0.243 e. The highest BCUT2D eigenvalue weighted by Crippen LogP contribution is 2.37. The lowest BCUT2D eigenvalue weighted by atomic mass is 9.82. The van der Waals surface area contributed by atoms with Crippen LogP contribution in [0.5, 0.6) is 0 Å². The Morgan fingerprint density at radius 3 is 2.38 bits per heavy atom. The van der Waals surface area contributed by atoms with Gasteiger partial charge in [-0.05, 0) is 58.8 Å². The molecule has 1 aromatic rings. The summed E-state index contributed by atoms with van der Waals surface area (Å²) in [6, 6.07) is 7.63. The second-order valence-electron chi connectivity index (χ2n) is 7.36. The van der Waals surface area contributed by atoms with Gasteiger partial charge in [0.25, 0.3) is 0 Å². The zero-order chi connectivity index (χ0) is 17.4. The Kier molecular flexibility index (Phi) is 5.02. The lowest BCUT2D eigenvalue weighted by Gasteiger charge is -2.47. The predicted molar refractivity (Wildman–Crippen MR) is 94.6 cm³/mol. The summed E-state index contributed by atoms with van der Waals surface area (Å²) in [6.45, 7) is 3.81. The first-order valence-electron chi connectivity index (χ1n) is 8.70. The second-order valence-corrected chi connectivity index (χ2v) is 9.30. The van der Waals surface area contributed by atoms with Crippen molar-refractivity contribution >= 4 is 10.0 Å². The molecule has 6 heteroatoms. The molecular weight excluding hydrogens is 324 g/mol. The van der Waals surface area contributed by atoms with Gasteiger partial charge < -0.3 is 9.64 Å². The molecule has 2 aliphatic heterocycles. The van der Waals surface area contributed by atoms with Crippen molar-refractivity contribution in [2.75, 3.05) is 33.8 Å².